The van der Waals surface area contributed by atoms with Crippen LogP contribution >= 0.6 is 0 Å². The van der Waals surface area contributed by atoms with Gasteiger partial charge in [-0.1, -0.05) is 24.3 Å². The predicted octanol–water partition coefficient (Wildman–Crippen LogP) is 1.60. The number of amides is 2. The summed E-state index contributed by atoms with van der Waals surface area (Å²) in [6.45, 7) is 2.64. The molecule has 6 rings (SSSR count). The van der Waals surface area contributed by atoms with E-state index >= 15 is 0 Å². The molecule has 1 aliphatic carbocycles. The molecule has 1 spiro atoms. The summed E-state index contributed by atoms with van der Waals surface area (Å²) in [5, 5.41) is 10.9. The number of likely N-dealkylation sites (tertiary alicyclic amines) is 2. The molecule has 2 aliphatic heterocycles. The molecule has 3 aliphatic rings. The fourth-order valence-corrected chi connectivity index (χ4v) is 5.65. The molecule has 3 aromatic rings. The Bertz CT molecular complexity index is 1390. The van der Waals surface area contributed by atoms with Gasteiger partial charge in [-0.25, -0.2) is 4.68 Å². The highest BCUT2D eigenvalue weighted by Crippen LogP contribution is 2.41. The molecule has 3 heterocycles. The van der Waals surface area contributed by atoms with Crippen molar-refractivity contribution >= 4 is 23.4 Å². The lowest BCUT2D eigenvalue weighted by Crippen LogP contribution is -2.45. The van der Waals surface area contributed by atoms with Gasteiger partial charge in [-0.2, -0.15) is 0 Å². The second kappa shape index (κ2) is 8.47. The molecule has 10 heteroatoms. The SMILES string of the molecule is O=C1c2ccccc2C(=O)c2cc(C(=O)N3CCC4(CCN(C(=O)Cn5cnnn5)CC4)C3)ccc21. The third kappa shape index (κ3) is 3.69. The molecule has 2 amide bonds. The molecule has 2 saturated heterocycles. The molecule has 0 unspecified atom stereocenters. The third-order valence-corrected chi connectivity index (χ3v) is 7.76. The minimum absolute atomic E-state index is 0.0137. The van der Waals surface area contributed by atoms with E-state index in [1.165, 1.54) is 11.0 Å². The Balaban J connectivity index is 1.13. The summed E-state index contributed by atoms with van der Waals surface area (Å²) in [6, 6.07) is 11.6. The van der Waals surface area contributed by atoms with Gasteiger partial charge in [-0.15, -0.1) is 5.10 Å². The molecule has 10 nitrogen and oxygen atoms in total. The van der Waals surface area contributed by atoms with Gasteiger partial charge in [-0.05, 0) is 53.3 Å². The van der Waals surface area contributed by atoms with Crippen LogP contribution in [0, 0.1) is 5.41 Å². The second-order valence-electron chi connectivity index (χ2n) is 9.83. The lowest BCUT2D eigenvalue weighted by atomic mass is 9.77. The van der Waals surface area contributed by atoms with Crippen LogP contribution in [0.25, 0.3) is 0 Å². The summed E-state index contributed by atoms with van der Waals surface area (Å²) < 4.78 is 1.41. The summed E-state index contributed by atoms with van der Waals surface area (Å²) in [6.07, 6.45) is 3.95. The normalized spacial score (nSPS) is 18.3. The highest BCUT2D eigenvalue weighted by Gasteiger charge is 2.43. The number of hydrogen-bond donors (Lipinski definition) is 0. The van der Waals surface area contributed by atoms with E-state index in [1.54, 1.807) is 42.5 Å². The summed E-state index contributed by atoms with van der Waals surface area (Å²) >= 11 is 0. The molecular formula is C26H24N6O4. The van der Waals surface area contributed by atoms with Crippen molar-refractivity contribution in [2.75, 3.05) is 26.2 Å². The van der Waals surface area contributed by atoms with Gasteiger partial charge in [0.2, 0.25) is 5.91 Å². The number of piperidine rings is 1. The zero-order valence-electron chi connectivity index (χ0n) is 19.6. The van der Waals surface area contributed by atoms with Gasteiger partial charge in [0.15, 0.2) is 11.6 Å². The number of tetrazole rings is 1. The highest BCUT2D eigenvalue weighted by molar-refractivity contribution is 6.28. The van der Waals surface area contributed by atoms with E-state index in [9.17, 15) is 19.2 Å². The molecule has 2 fully saturated rings. The van der Waals surface area contributed by atoms with Crippen molar-refractivity contribution < 1.29 is 19.2 Å². The fraction of sp³-hybridized carbons (Fsp3) is 0.346. The average molecular weight is 485 g/mol. The van der Waals surface area contributed by atoms with E-state index in [1.807, 2.05) is 9.80 Å². The van der Waals surface area contributed by atoms with E-state index < -0.39 is 0 Å². The molecule has 36 heavy (non-hydrogen) atoms. The second-order valence-corrected chi connectivity index (χ2v) is 9.83. The van der Waals surface area contributed by atoms with Crippen LogP contribution in [0.1, 0.15) is 61.5 Å². The molecule has 1 aromatic heterocycles. The van der Waals surface area contributed by atoms with Crippen LogP contribution in [0.4, 0.5) is 0 Å². The van der Waals surface area contributed by atoms with Crippen molar-refractivity contribution in [2.24, 2.45) is 5.41 Å². The number of hydrogen-bond acceptors (Lipinski definition) is 7. The van der Waals surface area contributed by atoms with Gasteiger partial charge < -0.3 is 9.80 Å². The lowest BCUT2D eigenvalue weighted by molar-refractivity contribution is -0.134. The van der Waals surface area contributed by atoms with Crippen LogP contribution in [0.3, 0.4) is 0 Å². The van der Waals surface area contributed by atoms with Crippen LogP contribution < -0.4 is 0 Å². The molecule has 182 valence electrons. The van der Waals surface area contributed by atoms with Gasteiger partial charge in [0.1, 0.15) is 12.9 Å². The topological polar surface area (TPSA) is 118 Å². The first kappa shape index (κ1) is 22.3. The maximum Gasteiger partial charge on any atom is 0.253 e. The monoisotopic (exact) mass is 484 g/mol. The minimum atomic E-state index is -0.230. The Kier molecular flexibility index (Phi) is 5.24. The average Bonchev–Trinajstić information content (AvgIpc) is 3.57. The fourth-order valence-electron chi connectivity index (χ4n) is 5.65. The first-order valence-corrected chi connectivity index (χ1v) is 12.0. The molecule has 0 bridgehead atoms. The number of carbonyl (C=O) groups is 4. The quantitative estimate of drug-likeness (QED) is 0.433. The zero-order valence-corrected chi connectivity index (χ0v) is 19.6. The van der Waals surface area contributed by atoms with Gasteiger partial charge in [0, 0.05) is 54.0 Å². The van der Waals surface area contributed by atoms with Crippen molar-refractivity contribution in [1.29, 1.82) is 0 Å². The van der Waals surface area contributed by atoms with Gasteiger partial charge in [0.25, 0.3) is 5.91 Å². The van der Waals surface area contributed by atoms with Crippen molar-refractivity contribution in [3.63, 3.8) is 0 Å². The van der Waals surface area contributed by atoms with Gasteiger partial charge >= 0.3 is 0 Å². The van der Waals surface area contributed by atoms with E-state index in [0.717, 1.165) is 19.3 Å². The van der Waals surface area contributed by atoms with E-state index in [-0.39, 0.29) is 40.9 Å². The Morgan fingerprint density at radius 1 is 0.833 bits per heavy atom. The Morgan fingerprint density at radius 2 is 1.47 bits per heavy atom. The van der Waals surface area contributed by atoms with Crippen LogP contribution in [0.5, 0.6) is 0 Å². The highest BCUT2D eigenvalue weighted by atomic mass is 16.2. The van der Waals surface area contributed by atoms with Crippen molar-refractivity contribution in [1.82, 2.24) is 30.0 Å². The van der Waals surface area contributed by atoms with Crippen molar-refractivity contribution in [3.05, 3.63) is 76.6 Å². The molecule has 2 aromatic carbocycles. The van der Waals surface area contributed by atoms with E-state index in [2.05, 4.69) is 15.5 Å². The number of rotatable bonds is 3. The lowest BCUT2D eigenvalue weighted by Gasteiger charge is -2.39. The van der Waals surface area contributed by atoms with Crippen LogP contribution in [-0.2, 0) is 11.3 Å². The van der Waals surface area contributed by atoms with Gasteiger partial charge in [0.05, 0.1) is 0 Å². The molecule has 0 atom stereocenters. The number of ketones is 2. The summed E-state index contributed by atoms with van der Waals surface area (Å²) in [5.74, 6) is -0.573. The van der Waals surface area contributed by atoms with E-state index in [0.29, 0.717) is 48.4 Å². The summed E-state index contributed by atoms with van der Waals surface area (Å²) in [7, 11) is 0. The van der Waals surface area contributed by atoms with Crippen molar-refractivity contribution in [2.45, 2.75) is 25.8 Å². The van der Waals surface area contributed by atoms with Crippen LogP contribution in [-0.4, -0.2) is 79.6 Å². The number of fused-ring (bicyclic) bond motifs is 2. The first-order valence-electron chi connectivity index (χ1n) is 12.0. The van der Waals surface area contributed by atoms with E-state index in [4.69, 9.17) is 0 Å². The van der Waals surface area contributed by atoms with Crippen LogP contribution in [0.2, 0.25) is 0 Å². The summed E-state index contributed by atoms with van der Waals surface area (Å²) in [5.41, 5.74) is 1.81. The Hall–Kier alpha value is -4.21. The van der Waals surface area contributed by atoms with Crippen molar-refractivity contribution in [3.8, 4) is 0 Å². The number of carbonyl (C=O) groups excluding carboxylic acids is 4. The number of aromatic nitrogens is 4. The number of benzene rings is 2. The summed E-state index contributed by atoms with van der Waals surface area (Å²) in [4.78, 5) is 55.5. The maximum atomic E-state index is 13.4. The van der Waals surface area contributed by atoms with Crippen LogP contribution in [0.15, 0.2) is 48.8 Å². The largest absolute Gasteiger partial charge is 0.341 e. The minimum Gasteiger partial charge on any atom is -0.341 e. The standard InChI is InChI=1S/C26H24N6O4/c33-22(14-32-16-27-28-29-32)30-10-7-26(8-11-30)9-12-31(15-26)25(36)17-5-6-20-21(13-17)24(35)19-4-2-1-3-18(19)23(20)34/h1-6,13,16H,7-12,14-15H2. The molecule has 0 saturated carbocycles. The smallest absolute Gasteiger partial charge is 0.253 e. The Morgan fingerprint density at radius 3 is 2.14 bits per heavy atom. The molecule has 0 radical (unpaired) electrons. The Labute approximate surface area is 206 Å². The predicted molar refractivity (Wildman–Crippen MR) is 126 cm³/mol. The third-order valence-electron chi connectivity index (χ3n) is 7.76. The first-order chi connectivity index (χ1) is 17.4. The molecule has 0 N–H and O–H groups in total. The number of nitrogens with zero attached hydrogens (tertiary/aromatic N) is 6. The maximum absolute atomic E-state index is 13.4. The zero-order chi connectivity index (χ0) is 24.9. The van der Waals surface area contributed by atoms with Gasteiger partial charge in [-0.3, -0.25) is 19.2 Å². The molecular weight excluding hydrogens is 460 g/mol.